The Morgan fingerprint density at radius 3 is 3.00 bits per heavy atom. The maximum atomic E-state index is 12.8. The number of aliphatic imine (C=N–C) groups is 1. The minimum atomic E-state index is -0.266. The van der Waals surface area contributed by atoms with Gasteiger partial charge in [-0.1, -0.05) is 12.1 Å². The number of hydrogen-bond acceptors (Lipinski definition) is 3. The summed E-state index contributed by atoms with van der Waals surface area (Å²) in [6, 6.07) is 6.31. The SMILES string of the molecule is NC1=NC(c2cccc(F)c2)CO1. The van der Waals surface area contributed by atoms with Crippen molar-refractivity contribution in [2.75, 3.05) is 6.61 Å². The van der Waals surface area contributed by atoms with Crippen molar-refractivity contribution >= 4 is 6.02 Å². The van der Waals surface area contributed by atoms with Gasteiger partial charge in [-0.25, -0.2) is 9.38 Å². The van der Waals surface area contributed by atoms with E-state index in [2.05, 4.69) is 4.99 Å². The number of nitrogens with zero attached hydrogens (tertiary/aromatic N) is 1. The van der Waals surface area contributed by atoms with Crippen molar-refractivity contribution in [2.45, 2.75) is 6.04 Å². The molecule has 1 aromatic rings. The summed E-state index contributed by atoms with van der Waals surface area (Å²) in [7, 11) is 0. The second-order valence-corrected chi connectivity index (χ2v) is 2.85. The fourth-order valence-electron chi connectivity index (χ4n) is 1.28. The second-order valence-electron chi connectivity index (χ2n) is 2.85. The van der Waals surface area contributed by atoms with E-state index < -0.39 is 0 Å². The van der Waals surface area contributed by atoms with Gasteiger partial charge < -0.3 is 10.5 Å². The first-order valence-corrected chi connectivity index (χ1v) is 3.97. The van der Waals surface area contributed by atoms with Crippen molar-refractivity contribution in [3.05, 3.63) is 35.6 Å². The molecule has 0 radical (unpaired) electrons. The quantitative estimate of drug-likeness (QED) is 0.706. The summed E-state index contributed by atoms with van der Waals surface area (Å²) < 4.78 is 17.8. The van der Waals surface area contributed by atoms with Gasteiger partial charge >= 0.3 is 0 Å². The molecule has 1 aliphatic heterocycles. The molecule has 0 aromatic heterocycles. The predicted molar refractivity (Wildman–Crippen MR) is 46.7 cm³/mol. The zero-order chi connectivity index (χ0) is 9.26. The Morgan fingerprint density at radius 2 is 2.38 bits per heavy atom. The summed E-state index contributed by atoms with van der Waals surface area (Å²) in [5.74, 6) is -0.266. The maximum Gasteiger partial charge on any atom is 0.282 e. The van der Waals surface area contributed by atoms with Crippen LogP contribution in [0.5, 0.6) is 0 Å². The molecule has 0 saturated carbocycles. The molecule has 0 aliphatic carbocycles. The first-order valence-electron chi connectivity index (χ1n) is 3.97. The van der Waals surface area contributed by atoms with Gasteiger partial charge in [-0.05, 0) is 17.7 Å². The number of nitrogens with two attached hydrogens (primary N) is 1. The maximum absolute atomic E-state index is 12.8. The Labute approximate surface area is 75.0 Å². The van der Waals surface area contributed by atoms with Crippen molar-refractivity contribution in [2.24, 2.45) is 10.7 Å². The topological polar surface area (TPSA) is 47.6 Å². The van der Waals surface area contributed by atoms with Crippen molar-refractivity contribution in [3.8, 4) is 0 Å². The highest BCUT2D eigenvalue weighted by Gasteiger charge is 2.18. The van der Waals surface area contributed by atoms with E-state index in [9.17, 15) is 4.39 Å². The van der Waals surface area contributed by atoms with Gasteiger partial charge in [-0.2, -0.15) is 0 Å². The van der Waals surface area contributed by atoms with Crippen LogP contribution in [0.25, 0.3) is 0 Å². The number of hydrogen-bond donors (Lipinski definition) is 1. The Kier molecular flexibility index (Phi) is 1.88. The second kappa shape index (κ2) is 3.05. The largest absolute Gasteiger partial charge is 0.463 e. The van der Waals surface area contributed by atoms with Gasteiger partial charge in [0, 0.05) is 0 Å². The Morgan fingerprint density at radius 1 is 1.54 bits per heavy atom. The normalized spacial score (nSPS) is 21.0. The van der Waals surface area contributed by atoms with Gasteiger partial charge in [-0.3, -0.25) is 0 Å². The summed E-state index contributed by atoms with van der Waals surface area (Å²) in [4.78, 5) is 4.01. The molecule has 0 spiro atoms. The summed E-state index contributed by atoms with van der Waals surface area (Å²) in [6.45, 7) is 0.398. The lowest BCUT2D eigenvalue weighted by Crippen LogP contribution is -2.10. The third-order valence-corrected chi connectivity index (χ3v) is 1.91. The molecule has 0 fully saturated rings. The third kappa shape index (κ3) is 1.61. The van der Waals surface area contributed by atoms with E-state index in [-0.39, 0.29) is 17.9 Å². The zero-order valence-electron chi connectivity index (χ0n) is 6.90. The minimum absolute atomic E-state index is 0.157. The van der Waals surface area contributed by atoms with E-state index in [1.54, 1.807) is 12.1 Å². The molecular weight excluding hydrogens is 171 g/mol. The van der Waals surface area contributed by atoms with Crippen LogP contribution in [0, 0.1) is 5.82 Å². The lowest BCUT2D eigenvalue weighted by atomic mass is 10.1. The molecule has 1 aromatic carbocycles. The van der Waals surface area contributed by atoms with E-state index in [1.807, 2.05) is 0 Å². The summed E-state index contributed by atoms with van der Waals surface area (Å²) in [6.07, 6.45) is 0. The van der Waals surface area contributed by atoms with Gasteiger partial charge in [0.25, 0.3) is 6.02 Å². The average molecular weight is 180 g/mol. The third-order valence-electron chi connectivity index (χ3n) is 1.91. The first kappa shape index (κ1) is 8.04. The van der Waals surface area contributed by atoms with Crippen LogP contribution in [0.2, 0.25) is 0 Å². The Balaban J connectivity index is 2.26. The van der Waals surface area contributed by atoms with E-state index in [0.29, 0.717) is 6.61 Å². The molecule has 1 atom stereocenters. The minimum Gasteiger partial charge on any atom is -0.463 e. The first-order chi connectivity index (χ1) is 6.25. The van der Waals surface area contributed by atoms with Crippen LogP contribution in [0.3, 0.4) is 0 Å². The van der Waals surface area contributed by atoms with E-state index in [0.717, 1.165) is 5.56 Å². The molecule has 2 N–H and O–H groups in total. The molecule has 0 amide bonds. The number of rotatable bonds is 1. The molecule has 13 heavy (non-hydrogen) atoms. The van der Waals surface area contributed by atoms with Gasteiger partial charge in [0.2, 0.25) is 0 Å². The van der Waals surface area contributed by atoms with Crippen molar-refractivity contribution in [1.82, 2.24) is 0 Å². The molecule has 0 bridgehead atoms. The van der Waals surface area contributed by atoms with E-state index in [1.165, 1.54) is 12.1 Å². The lowest BCUT2D eigenvalue weighted by Gasteiger charge is -2.03. The van der Waals surface area contributed by atoms with E-state index >= 15 is 0 Å². The average Bonchev–Trinajstić information content (AvgIpc) is 2.52. The molecule has 4 heteroatoms. The van der Waals surface area contributed by atoms with Crippen LogP contribution in [0.1, 0.15) is 11.6 Å². The fourth-order valence-corrected chi connectivity index (χ4v) is 1.28. The number of amidine groups is 1. The molecule has 3 nitrogen and oxygen atoms in total. The van der Waals surface area contributed by atoms with Crippen LogP contribution in [-0.4, -0.2) is 12.6 Å². The standard InChI is InChI=1S/C9H9FN2O/c10-7-3-1-2-6(4-7)8-5-13-9(11)12-8/h1-4,8H,5H2,(H2,11,12). The zero-order valence-corrected chi connectivity index (χ0v) is 6.90. The number of halogens is 1. The molecule has 1 aliphatic rings. The van der Waals surface area contributed by atoms with E-state index in [4.69, 9.17) is 10.5 Å². The number of ether oxygens (including phenoxy) is 1. The predicted octanol–water partition coefficient (Wildman–Crippen LogP) is 1.21. The van der Waals surface area contributed by atoms with Crippen LogP contribution >= 0.6 is 0 Å². The Hall–Kier alpha value is -1.58. The Bertz CT molecular complexity index is 351. The van der Waals surface area contributed by atoms with Crippen LogP contribution in [-0.2, 0) is 4.74 Å². The molecule has 1 unspecified atom stereocenters. The van der Waals surface area contributed by atoms with Gasteiger partial charge in [-0.15, -0.1) is 0 Å². The number of benzene rings is 1. The van der Waals surface area contributed by atoms with Crippen LogP contribution in [0.4, 0.5) is 4.39 Å². The van der Waals surface area contributed by atoms with Crippen molar-refractivity contribution in [3.63, 3.8) is 0 Å². The van der Waals surface area contributed by atoms with Crippen LogP contribution in [0.15, 0.2) is 29.3 Å². The smallest absolute Gasteiger partial charge is 0.282 e. The summed E-state index contributed by atoms with van der Waals surface area (Å²) in [5.41, 5.74) is 6.13. The molecule has 1 heterocycles. The highest BCUT2D eigenvalue weighted by molar-refractivity contribution is 5.73. The van der Waals surface area contributed by atoms with Crippen molar-refractivity contribution in [1.29, 1.82) is 0 Å². The summed E-state index contributed by atoms with van der Waals surface area (Å²) >= 11 is 0. The monoisotopic (exact) mass is 180 g/mol. The molecular formula is C9H9FN2O. The lowest BCUT2D eigenvalue weighted by molar-refractivity contribution is 0.315. The molecule has 0 saturated heterocycles. The van der Waals surface area contributed by atoms with Gasteiger partial charge in [0.1, 0.15) is 18.5 Å². The highest BCUT2D eigenvalue weighted by Crippen LogP contribution is 2.22. The van der Waals surface area contributed by atoms with Gasteiger partial charge in [0.15, 0.2) is 0 Å². The van der Waals surface area contributed by atoms with Crippen LogP contribution < -0.4 is 5.73 Å². The molecule has 68 valence electrons. The fraction of sp³-hybridized carbons (Fsp3) is 0.222. The van der Waals surface area contributed by atoms with Crippen molar-refractivity contribution < 1.29 is 9.13 Å². The summed E-state index contributed by atoms with van der Waals surface area (Å²) in [5, 5.41) is 0. The molecule has 2 rings (SSSR count). The van der Waals surface area contributed by atoms with Gasteiger partial charge in [0.05, 0.1) is 0 Å². The highest BCUT2D eigenvalue weighted by atomic mass is 19.1.